The fourth-order valence-electron chi connectivity index (χ4n) is 6.68. The second-order valence-electron chi connectivity index (χ2n) is 11.8. The van der Waals surface area contributed by atoms with E-state index in [1.165, 1.54) is 118 Å². The molecular formula is C37H51N. The Morgan fingerprint density at radius 1 is 0.553 bits per heavy atom. The summed E-state index contributed by atoms with van der Waals surface area (Å²) in [4.78, 5) is 2.36. The molecule has 1 aliphatic carbocycles. The van der Waals surface area contributed by atoms with Crippen LogP contribution in [0.25, 0.3) is 11.1 Å². The molecule has 0 aliphatic heterocycles. The van der Waals surface area contributed by atoms with E-state index in [1.807, 2.05) is 0 Å². The van der Waals surface area contributed by atoms with Crippen molar-refractivity contribution in [2.75, 3.05) is 11.9 Å². The first-order chi connectivity index (χ1) is 18.6. The molecule has 0 heterocycles. The van der Waals surface area contributed by atoms with Crippen LogP contribution in [0.5, 0.6) is 0 Å². The van der Waals surface area contributed by atoms with Crippen molar-refractivity contribution in [2.45, 2.75) is 116 Å². The number of hydrogen-bond donors (Lipinski definition) is 0. The molecule has 3 aromatic rings. The van der Waals surface area contributed by atoms with Gasteiger partial charge in [0.1, 0.15) is 0 Å². The Morgan fingerprint density at radius 3 is 1.68 bits per heavy atom. The third kappa shape index (κ3) is 6.53. The number of unbranched alkanes of at least 4 members (excludes halogenated alkanes) is 10. The fourth-order valence-corrected chi connectivity index (χ4v) is 6.68. The lowest BCUT2D eigenvalue weighted by Crippen LogP contribution is -2.26. The summed E-state index contributed by atoms with van der Waals surface area (Å²) >= 11 is 0. The summed E-state index contributed by atoms with van der Waals surface area (Å²) in [5.41, 5.74) is 10.2. The molecule has 0 bridgehead atoms. The summed E-state index contributed by atoms with van der Waals surface area (Å²) < 4.78 is 0. The number of rotatable bonds is 16. The van der Waals surface area contributed by atoms with Gasteiger partial charge in [-0.3, -0.25) is 0 Å². The van der Waals surface area contributed by atoms with Gasteiger partial charge in [-0.2, -0.15) is 0 Å². The summed E-state index contributed by atoms with van der Waals surface area (Å²) in [6.07, 6.45) is 18.8. The minimum absolute atomic E-state index is 0.139. The monoisotopic (exact) mass is 509 g/mol. The van der Waals surface area contributed by atoms with E-state index in [-0.39, 0.29) is 5.41 Å². The number of benzene rings is 3. The minimum Gasteiger partial charge on any atom is -0.345 e. The van der Waals surface area contributed by atoms with E-state index in [0.717, 1.165) is 0 Å². The number of anilines is 2. The second kappa shape index (κ2) is 14.0. The molecule has 0 saturated heterocycles. The number of para-hydroxylation sites is 1. The van der Waals surface area contributed by atoms with Crippen molar-refractivity contribution in [3.8, 4) is 11.1 Å². The Balaban J connectivity index is 1.68. The Labute approximate surface area is 233 Å². The van der Waals surface area contributed by atoms with Gasteiger partial charge in [0.15, 0.2) is 0 Å². The Morgan fingerprint density at radius 2 is 1.08 bits per heavy atom. The number of hydrogen-bond acceptors (Lipinski definition) is 1. The van der Waals surface area contributed by atoms with Gasteiger partial charge < -0.3 is 4.90 Å². The smallest absolute Gasteiger partial charge is 0.0411 e. The first-order valence-corrected chi connectivity index (χ1v) is 15.7. The van der Waals surface area contributed by atoms with Crippen LogP contribution in [0.1, 0.15) is 120 Å². The maximum absolute atomic E-state index is 2.55. The molecule has 38 heavy (non-hydrogen) atoms. The lowest BCUT2D eigenvalue weighted by molar-refractivity contribution is 0.397. The van der Waals surface area contributed by atoms with Gasteiger partial charge in [0, 0.05) is 23.8 Å². The summed E-state index contributed by atoms with van der Waals surface area (Å²) in [5, 5.41) is 0. The SMILES string of the molecule is CCCCCCCCC1(CCCCCCCC)c2cc(C)ccc2-c2ccc(N(C)c3ccccc3)cc21. The maximum Gasteiger partial charge on any atom is 0.0411 e. The van der Waals surface area contributed by atoms with E-state index >= 15 is 0 Å². The topological polar surface area (TPSA) is 3.24 Å². The van der Waals surface area contributed by atoms with E-state index < -0.39 is 0 Å². The Hall–Kier alpha value is -2.54. The number of aryl methyl sites for hydroxylation is 1. The van der Waals surface area contributed by atoms with Crippen molar-refractivity contribution in [3.63, 3.8) is 0 Å². The lowest BCUT2D eigenvalue weighted by Gasteiger charge is -2.34. The van der Waals surface area contributed by atoms with Crippen molar-refractivity contribution >= 4 is 11.4 Å². The van der Waals surface area contributed by atoms with Crippen LogP contribution in [-0.2, 0) is 5.41 Å². The van der Waals surface area contributed by atoms with Crippen molar-refractivity contribution in [3.05, 3.63) is 83.4 Å². The zero-order valence-electron chi connectivity index (χ0n) is 24.7. The molecule has 3 aromatic carbocycles. The standard InChI is InChI=1S/C37H51N/c1-5-7-9-11-13-18-26-37(27-19-14-12-10-8-6-2)35-28-30(3)22-24-33(35)34-25-23-32(29-36(34)37)38(4)31-20-16-15-17-21-31/h15-17,20-25,28-29H,5-14,18-19,26-27H2,1-4H3. The molecule has 0 amide bonds. The highest BCUT2D eigenvalue weighted by Crippen LogP contribution is 2.55. The van der Waals surface area contributed by atoms with E-state index in [2.05, 4.69) is 99.4 Å². The number of nitrogens with zero attached hydrogens (tertiary/aromatic N) is 1. The van der Waals surface area contributed by atoms with Gasteiger partial charge in [0.05, 0.1) is 0 Å². The number of fused-ring (bicyclic) bond motifs is 3. The van der Waals surface area contributed by atoms with Crippen LogP contribution in [0.15, 0.2) is 66.7 Å². The summed E-state index contributed by atoms with van der Waals surface area (Å²) in [5.74, 6) is 0. The summed E-state index contributed by atoms with van der Waals surface area (Å²) in [7, 11) is 2.21. The molecule has 0 atom stereocenters. The van der Waals surface area contributed by atoms with E-state index in [9.17, 15) is 0 Å². The molecular weight excluding hydrogens is 458 g/mol. The predicted molar refractivity (Wildman–Crippen MR) is 168 cm³/mol. The fraction of sp³-hybridized carbons (Fsp3) is 0.514. The molecule has 0 saturated carbocycles. The van der Waals surface area contributed by atoms with Crippen molar-refractivity contribution in [2.24, 2.45) is 0 Å². The van der Waals surface area contributed by atoms with Crippen LogP contribution in [0.3, 0.4) is 0 Å². The molecule has 0 N–H and O–H groups in total. The van der Waals surface area contributed by atoms with Crippen molar-refractivity contribution < 1.29 is 0 Å². The third-order valence-corrected chi connectivity index (χ3v) is 8.94. The van der Waals surface area contributed by atoms with Crippen LogP contribution < -0.4 is 4.90 Å². The zero-order chi connectivity index (χ0) is 26.8. The third-order valence-electron chi connectivity index (χ3n) is 8.94. The zero-order valence-corrected chi connectivity index (χ0v) is 24.7. The van der Waals surface area contributed by atoms with Crippen LogP contribution in [0.4, 0.5) is 11.4 Å². The largest absolute Gasteiger partial charge is 0.345 e. The highest BCUT2D eigenvalue weighted by Gasteiger charge is 2.42. The van der Waals surface area contributed by atoms with Gasteiger partial charge >= 0.3 is 0 Å². The van der Waals surface area contributed by atoms with E-state index in [0.29, 0.717) is 0 Å². The molecule has 0 unspecified atom stereocenters. The quantitative estimate of drug-likeness (QED) is 0.174. The highest BCUT2D eigenvalue weighted by molar-refractivity contribution is 5.84. The molecule has 0 spiro atoms. The van der Waals surface area contributed by atoms with Crippen molar-refractivity contribution in [1.82, 2.24) is 0 Å². The Kier molecular flexibility index (Phi) is 10.5. The molecule has 1 heteroatoms. The van der Waals surface area contributed by atoms with Gasteiger partial charge in [0.2, 0.25) is 0 Å². The average Bonchev–Trinajstić information content (AvgIpc) is 3.21. The van der Waals surface area contributed by atoms with Gasteiger partial charge in [-0.15, -0.1) is 0 Å². The van der Waals surface area contributed by atoms with Crippen molar-refractivity contribution in [1.29, 1.82) is 0 Å². The first kappa shape index (κ1) is 28.5. The van der Waals surface area contributed by atoms with Crippen LogP contribution in [0.2, 0.25) is 0 Å². The summed E-state index contributed by atoms with van der Waals surface area (Å²) in [6.45, 7) is 6.90. The van der Waals surface area contributed by atoms with Crippen LogP contribution >= 0.6 is 0 Å². The molecule has 204 valence electrons. The normalized spacial score (nSPS) is 13.4. The average molecular weight is 510 g/mol. The maximum atomic E-state index is 2.55. The lowest BCUT2D eigenvalue weighted by atomic mass is 9.70. The van der Waals surface area contributed by atoms with Gasteiger partial charge in [-0.1, -0.05) is 139 Å². The van der Waals surface area contributed by atoms with E-state index in [4.69, 9.17) is 0 Å². The van der Waals surface area contributed by atoms with Crippen LogP contribution in [0, 0.1) is 6.92 Å². The van der Waals surface area contributed by atoms with Gasteiger partial charge in [0.25, 0.3) is 0 Å². The Bertz CT molecular complexity index is 1110. The predicted octanol–water partition coefficient (Wildman–Crippen LogP) is 11.5. The van der Waals surface area contributed by atoms with Gasteiger partial charge in [-0.05, 0) is 66.3 Å². The van der Waals surface area contributed by atoms with Gasteiger partial charge in [-0.25, -0.2) is 0 Å². The molecule has 0 fully saturated rings. The highest BCUT2D eigenvalue weighted by atomic mass is 15.1. The molecule has 0 aromatic heterocycles. The minimum atomic E-state index is 0.139. The first-order valence-electron chi connectivity index (χ1n) is 15.7. The molecule has 0 radical (unpaired) electrons. The van der Waals surface area contributed by atoms with Crippen LogP contribution in [-0.4, -0.2) is 7.05 Å². The second-order valence-corrected chi connectivity index (χ2v) is 11.8. The molecule has 1 aliphatic rings. The molecule has 1 nitrogen and oxygen atoms in total. The summed E-state index contributed by atoms with van der Waals surface area (Å²) in [6, 6.07) is 25.4. The van der Waals surface area contributed by atoms with E-state index in [1.54, 1.807) is 11.1 Å². The molecule has 4 rings (SSSR count).